The monoisotopic (exact) mass is 381 g/mol. The van der Waals surface area contributed by atoms with Gasteiger partial charge in [-0.25, -0.2) is 0 Å². The molecular formula is C17H27N5OS2. The van der Waals surface area contributed by atoms with Gasteiger partial charge in [-0.3, -0.25) is 4.79 Å². The van der Waals surface area contributed by atoms with E-state index in [9.17, 15) is 10.1 Å². The Bertz CT molecular complexity index is 621. The fraction of sp³-hybridized carbons (Fsp3) is 0.765. The summed E-state index contributed by atoms with van der Waals surface area (Å²) in [5.74, 6) is -0.119. The largest absolute Gasteiger partial charge is 0.357 e. The Morgan fingerprint density at radius 3 is 2.60 bits per heavy atom. The number of nitriles is 1. The second-order valence-electron chi connectivity index (χ2n) is 7.07. The molecule has 0 bridgehead atoms. The van der Waals surface area contributed by atoms with Crippen LogP contribution in [-0.4, -0.2) is 32.9 Å². The predicted octanol–water partition coefficient (Wildman–Crippen LogP) is 3.82. The lowest BCUT2D eigenvalue weighted by atomic mass is 9.90. The molecule has 2 atom stereocenters. The summed E-state index contributed by atoms with van der Waals surface area (Å²) in [4.78, 5) is 12.4. The Morgan fingerprint density at radius 2 is 2.00 bits per heavy atom. The van der Waals surface area contributed by atoms with Crippen molar-refractivity contribution < 1.29 is 4.79 Å². The van der Waals surface area contributed by atoms with Gasteiger partial charge in [-0.2, -0.15) is 5.26 Å². The first-order valence-corrected chi connectivity index (χ1v) is 10.5. The molecule has 1 amide bonds. The third-order valence-corrected chi connectivity index (χ3v) is 6.79. The lowest BCUT2D eigenvalue weighted by Crippen LogP contribution is -2.51. The van der Waals surface area contributed by atoms with Crippen LogP contribution in [-0.2, 0) is 4.79 Å². The molecule has 0 aliphatic heterocycles. The van der Waals surface area contributed by atoms with E-state index in [-0.39, 0.29) is 17.1 Å². The highest BCUT2D eigenvalue weighted by atomic mass is 32.2. The summed E-state index contributed by atoms with van der Waals surface area (Å²) >= 11 is 2.87. The van der Waals surface area contributed by atoms with Crippen LogP contribution in [0.5, 0.6) is 0 Å². The molecule has 1 aromatic heterocycles. The molecule has 2 rings (SSSR count). The maximum absolute atomic E-state index is 12.4. The molecule has 8 heteroatoms. The van der Waals surface area contributed by atoms with Crippen LogP contribution in [0.2, 0.25) is 0 Å². The minimum Gasteiger partial charge on any atom is -0.357 e. The van der Waals surface area contributed by atoms with Gasteiger partial charge in [0.05, 0.1) is 11.3 Å². The average Bonchev–Trinajstić information content (AvgIpc) is 3.02. The molecule has 25 heavy (non-hydrogen) atoms. The van der Waals surface area contributed by atoms with E-state index in [1.807, 2.05) is 20.8 Å². The number of carbonyl (C=O) groups excluding carboxylic acids is 1. The number of anilines is 1. The molecule has 138 valence electrons. The van der Waals surface area contributed by atoms with E-state index in [1.165, 1.54) is 55.2 Å². The van der Waals surface area contributed by atoms with Gasteiger partial charge in [0.1, 0.15) is 5.54 Å². The molecule has 2 unspecified atom stereocenters. The molecule has 2 N–H and O–H groups in total. The van der Waals surface area contributed by atoms with Crippen molar-refractivity contribution in [3.05, 3.63) is 0 Å². The zero-order chi connectivity index (χ0) is 18.4. The van der Waals surface area contributed by atoms with Crippen LogP contribution in [0.1, 0.15) is 59.8 Å². The molecule has 0 spiro atoms. The van der Waals surface area contributed by atoms with Crippen molar-refractivity contribution in [2.75, 3.05) is 5.32 Å². The number of nitrogens with zero attached hydrogens (tertiary/aromatic N) is 3. The molecule has 1 aliphatic rings. The van der Waals surface area contributed by atoms with Gasteiger partial charge in [0.15, 0.2) is 4.34 Å². The lowest BCUT2D eigenvalue weighted by Gasteiger charge is -2.28. The van der Waals surface area contributed by atoms with Gasteiger partial charge >= 0.3 is 0 Å². The smallest absolute Gasteiger partial charge is 0.234 e. The Labute approximate surface area is 158 Å². The van der Waals surface area contributed by atoms with Gasteiger partial charge < -0.3 is 10.6 Å². The maximum Gasteiger partial charge on any atom is 0.234 e. The summed E-state index contributed by atoms with van der Waals surface area (Å²) < 4.78 is 0.768. The summed E-state index contributed by atoms with van der Waals surface area (Å²) in [5, 5.41) is 24.5. The van der Waals surface area contributed by atoms with Crippen LogP contribution in [0.4, 0.5) is 5.13 Å². The number of nitrogens with one attached hydrogen (secondary N) is 2. The minimum atomic E-state index is -0.860. The molecular weight excluding hydrogens is 354 g/mol. The van der Waals surface area contributed by atoms with Crippen LogP contribution in [0.15, 0.2) is 4.34 Å². The van der Waals surface area contributed by atoms with Crippen LogP contribution in [0.25, 0.3) is 0 Å². The van der Waals surface area contributed by atoms with Gasteiger partial charge in [-0.15, -0.1) is 10.2 Å². The zero-order valence-electron chi connectivity index (χ0n) is 15.3. The third-order valence-electron chi connectivity index (χ3n) is 4.76. The fourth-order valence-electron chi connectivity index (χ4n) is 2.60. The molecule has 0 aromatic carbocycles. The van der Waals surface area contributed by atoms with Crippen molar-refractivity contribution in [1.29, 1.82) is 5.26 Å². The number of hydrogen-bond donors (Lipinski definition) is 2. The normalized spacial score (nSPS) is 19.0. The molecule has 0 saturated heterocycles. The number of aromatic nitrogens is 2. The first-order chi connectivity index (χ1) is 11.8. The molecule has 1 heterocycles. The SMILES string of the molecule is CC(Sc1nnc(NC2CCCCC2)s1)C(=O)NC(C)(C#N)C(C)C. The van der Waals surface area contributed by atoms with Gasteiger partial charge in [0.2, 0.25) is 11.0 Å². The first kappa shape index (κ1) is 20.0. The number of thioether (sulfide) groups is 1. The first-order valence-electron chi connectivity index (χ1n) is 8.84. The van der Waals surface area contributed by atoms with Crippen molar-refractivity contribution in [2.45, 2.75) is 81.0 Å². The van der Waals surface area contributed by atoms with Crippen LogP contribution in [0.3, 0.4) is 0 Å². The van der Waals surface area contributed by atoms with E-state index in [4.69, 9.17) is 0 Å². The van der Waals surface area contributed by atoms with E-state index in [0.29, 0.717) is 6.04 Å². The quantitative estimate of drug-likeness (QED) is 0.698. The molecule has 0 radical (unpaired) electrons. The number of rotatable bonds is 7. The second kappa shape index (κ2) is 8.86. The molecule has 1 saturated carbocycles. The summed E-state index contributed by atoms with van der Waals surface area (Å²) in [7, 11) is 0. The van der Waals surface area contributed by atoms with Gasteiger partial charge in [-0.1, -0.05) is 56.2 Å². The van der Waals surface area contributed by atoms with Gasteiger partial charge in [0, 0.05) is 6.04 Å². The van der Waals surface area contributed by atoms with Crippen molar-refractivity contribution in [3.8, 4) is 6.07 Å². The standard InChI is InChI=1S/C17H27N5OS2/c1-11(2)17(4,10-18)20-14(23)12(3)24-16-22-21-15(25-16)19-13-8-6-5-7-9-13/h11-13H,5-9H2,1-4H3,(H,19,21)(H,20,23). The van der Waals surface area contributed by atoms with Crippen LogP contribution in [0, 0.1) is 17.2 Å². The summed E-state index contributed by atoms with van der Waals surface area (Å²) in [6, 6.07) is 2.69. The summed E-state index contributed by atoms with van der Waals surface area (Å²) in [6.07, 6.45) is 6.22. The van der Waals surface area contributed by atoms with Crippen molar-refractivity contribution in [1.82, 2.24) is 15.5 Å². The second-order valence-corrected chi connectivity index (χ2v) is 9.64. The average molecular weight is 382 g/mol. The lowest BCUT2D eigenvalue weighted by molar-refractivity contribution is -0.121. The van der Waals surface area contributed by atoms with Crippen molar-refractivity contribution in [2.24, 2.45) is 5.92 Å². The number of hydrogen-bond acceptors (Lipinski definition) is 7. The topological polar surface area (TPSA) is 90.7 Å². The van der Waals surface area contributed by atoms with Crippen LogP contribution >= 0.6 is 23.1 Å². The highest BCUT2D eigenvalue weighted by Crippen LogP contribution is 2.31. The molecule has 6 nitrogen and oxygen atoms in total. The molecule has 1 aromatic rings. The maximum atomic E-state index is 12.4. The fourth-order valence-corrected chi connectivity index (χ4v) is 4.57. The predicted molar refractivity (Wildman–Crippen MR) is 103 cm³/mol. The summed E-state index contributed by atoms with van der Waals surface area (Å²) in [5.41, 5.74) is -0.860. The van der Waals surface area contributed by atoms with Crippen molar-refractivity contribution >= 4 is 34.1 Å². The number of carbonyl (C=O) groups is 1. The third kappa shape index (κ3) is 5.58. The zero-order valence-corrected chi connectivity index (χ0v) is 17.0. The Kier molecular flexibility index (Phi) is 7.08. The highest BCUT2D eigenvalue weighted by Gasteiger charge is 2.32. The number of amides is 1. The Balaban J connectivity index is 1.88. The van der Waals surface area contributed by atoms with E-state index in [1.54, 1.807) is 6.92 Å². The van der Waals surface area contributed by atoms with Crippen molar-refractivity contribution in [3.63, 3.8) is 0 Å². The summed E-state index contributed by atoms with van der Waals surface area (Å²) in [6.45, 7) is 7.43. The van der Waals surface area contributed by atoms with E-state index in [0.717, 1.165) is 9.47 Å². The van der Waals surface area contributed by atoms with E-state index < -0.39 is 5.54 Å². The van der Waals surface area contributed by atoms with Crippen LogP contribution < -0.4 is 10.6 Å². The Morgan fingerprint density at radius 1 is 1.32 bits per heavy atom. The van der Waals surface area contributed by atoms with E-state index in [2.05, 4.69) is 26.9 Å². The van der Waals surface area contributed by atoms with Gasteiger partial charge in [0.25, 0.3) is 0 Å². The highest BCUT2D eigenvalue weighted by molar-refractivity contribution is 8.02. The van der Waals surface area contributed by atoms with E-state index >= 15 is 0 Å². The molecule has 1 aliphatic carbocycles. The molecule has 1 fully saturated rings. The minimum absolute atomic E-state index is 0.0338. The Hall–Kier alpha value is -1.33. The van der Waals surface area contributed by atoms with Gasteiger partial charge in [-0.05, 0) is 32.6 Å².